The second kappa shape index (κ2) is 3.91. The SMILES string of the molecule is CSc1cc(Cl)cc(C(C)(C)N)c1. The van der Waals surface area contributed by atoms with E-state index in [-0.39, 0.29) is 5.54 Å². The van der Waals surface area contributed by atoms with Crippen molar-refractivity contribution in [3.8, 4) is 0 Å². The molecule has 0 aliphatic rings. The van der Waals surface area contributed by atoms with Crippen LogP contribution >= 0.6 is 23.4 Å². The molecule has 2 N–H and O–H groups in total. The van der Waals surface area contributed by atoms with Crippen molar-refractivity contribution in [3.63, 3.8) is 0 Å². The Bertz CT molecular complexity index is 304. The van der Waals surface area contributed by atoms with Gasteiger partial charge in [0.2, 0.25) is 0 Å². The van der Waals surface area contributed by atoms with Crippen LogP contribution in [0.2, 0.25) is 5.02 Å². The zero-order valence-corrected chi connectivity index (χ0v) is 9.67. The number of hydrogen-bond acceptors (Lipinski definition) is 2. The molecule has 0 aliphatic carbocycles. The first-order valence-electron chi connectivity index (χ1n) is 4.07. The first-order chi connectivity index (χ1) is 5.93. The molecule has 0 fully saturated rings. The van der Waals surface area contributed by atoms with Crippen molar-refractivity contribution >= 4 is 23.4 Å². The van der Waals surface area contributed by atoms with E-state index in [9.17, 15) is 0 Å². The second-order valence-electron chi connectivity index (χ2n) is 3.60. The molecule has 1 aromatic rings. The summed E-state index contributed by atoms with van der Waals surface area (Å²) in [5.74, 6) is 0. The largest absolute Gasteiger partial charge is 0.322 e. The van der Waals surface area contributed by atoms with E-state index < -0.39 is 0 Å². The molecule has 13 heavy (non-hydrogen) atoms. The van der Waals surface area contributed by atoms with Gasteiger partial charge in [-0.15, -0.1) is 11.8 Å². The molecule has 0 saturated carbocycles. The Balaban J connectivity index is 3.16. The van der Waals surface area contributed by atoms with Crippen LogP contribution in [-0.2, 0) is 5.54 Å². The quantitative estimate of drug-likeness (QED) is 0.767. The average molecular weight is 216 g/mol. The van der Waals surface area contributed by atoms with Crippen LogP contribution in [0.25, 0.3) is 0 Å². The summed E-state index contributed by atoms with van der Waals surface area (Å²) in [7, 11) is 0. The Morgan fingerprint density at radius 2 is 1.92 bits per heavy atom. The van der Waals surface area contributed by atoms with Crippen LogP contribution in [0.1, 0.15) is 19.4 Å². The van der Waals surface area contributed by atoms with Gasteiger partial charge in [-0.25, -0.2) is 0 Å². The number of halogens is 1. The van der Waals surface area contributed by atoms with Gasteiger partial charge >= 0.3 is 0 Å². The van der Waals surface area contributed by atoms with E-state index in [0.29, 0.717) is 0 Å². The Labute approximate surface area is 88.7 Å². The number of rotatable bonds is 2. The lowest BCUT2D eigenvalue weighted by molar-refractivity contribution is 0.553. The zero-order chi connectivity index (χ0) is 10.1. The van der Waals surface area contributed by atoms with Gasteiger partial charge in [-0.3, -0.25) is 0 Å². The van der Waals surface area contributed by atoms with Crippen molar-refractivity contribution in [3.05, 3.63) is 28.8 Å². The molecule has 0 saturated heterocycles. The van der Waals surface area contributed by atoms with Gasteiger partial charge in [0.25, 0.3) is 0 Å². The molecular formula is C10H14ClNS. The van der Waals surface area contributed by atoms with Crippen LogP contribution in [0.5, 0.6) is 0 Å². The Hall–Kier alpha value is -0.180. The Kier molecular flexibility index (Phi) is 3.28. The molecule has 0 aromatic heterocycles. The minimum atomic E-state index is -0.324. The predicted octanol–water partition coefficient (Wildman–Crippen LogP) is 3.26. The average Bonchev–Trinajstić information content (AvgIpc) is 2.01. The van der Waals surface area contributed by atoms with Gasteiger partial charge in [0.15, 0.2) is 0 Å². The van der Waals surface area contributed by atoms with E-state index in [0.717, 1.165) is 15.5 Å². The van der Waals surface area contributed by atoms with E-state index in [1.165, 1.54) is 0 Å². The van der Waals surface area contributed by atoms with Gasteiger partial charge < -0.3 is 5.73 Å². The van der Waals surface area contributed by atoms with Gasteiger partial charge in [0, 0.05) is 15.5 Å². The molecule has 1 nitrogen and oxygen atoms in total. The number of nitrogens with two attached hydrogens (primary N) is 1. The zero-order valence-electron chi connectivity index (χ0n) is 8.10. The second-order valence-corrected chi connectivity index (χ2v) is 4.92. The molecule has 1 rings (SSSR count). The monoisotopic (exact) mass is 215 g/mol. The van der Waals surface area contributed by atoms with Gasteiger partial charge in [-0.05, 0) is 43.9 Å². The molecule has 0 unspecified atom stereocenters. The minimum Gasteiger partial charge on any atom is -0.322 e. The highest BCUT2D eigenvalue weighted by Gasteiger charge is 2.15. The smallest absolute Gasteiger partial charge is 0.0420 e. The van der Waals surface area contributed by atoms with Crippen molar-refractivity contribution in [2.75, 3.05) is 6.26 Å². The topological polar surface area (TPSA) is 26.0 Å². The molecule has 0 bridgehead atoms. The van der Waals surface area contributed by atoms with Crippen molar-refractivity contribution in [1.29, 1.82) is 0 Å². The lowest BCUT2D eigenvalue weighted by atomic mass is 9.96. The van der Waals surface area contributed by atoms with Crippen molar-refractivity contribution in [2.24, 2.45) is 5.73 Å². The Morgan fingerprint density at radius 1 is 1.31 bits per heavy atom. The normalized spacial score (nSPS) is 11.8. The molecule has 0 spiro atoms. The molecule has 1 aromatic carbocycles. The molecular weight excluding hydrogens is 202 g/mol. The molecule has 0 aliphatic heterocycles. The third kappa shape index (κ3) is 2.90. The molecule has 3 heteroatoms. The fraction of sp³-hybridized carbons (Fsp3) is 0.400. The van der Waals surface area contributed by atoms with Crippen LogP contribution in [0.4, 0.5) is 0 Å². The fourth-order valence-corrected chi connectivity index (χ4v) is 1.84. The predicted molar refractivity (Wildman–Crippen MR) is 60.4 cm³/mol. The number of benzene rings is 1. The van der Waals surface area contributed by atoms with E-state index in [4.69, 9.17) is 17.3 Å². The molecule has 72 valence electrons. The molecule has 0 atom stereocenters. The number of thioether (sulfide) groups is 1. The van der Waals surface area contributed by atoms with Crippen molar-refractivity contribution in [1.82, 2.24) is 0 Å². The van der Waals surface area contributed by atoms with E-state index in [1.807, 2.05) is 32.2 Å². The van der Waals surface area contributed by atoms with Crippen molar-refractivity contribution in [2.45, 2.75) is 24.3 Å². The molecule has 0 amide bonds. The maximum atomic E-state index is 5.98. The lowest BCUT2D eigenvalue weighted by Gasteiger charge is -2.20. The summed E-state index contributed by atoms with van der Waals surface area (Å²) >= 11 is 7.64. The van der Waals surface area contributed by atoms with Crippen molar-refractivity contribution < 1.29 is 0 Å². The van der Waals surface area contributed by atoms with Gasteiger partial charge in [0.1, 0.15) is 0 Å². The van der Waals surface area contributed by atoms with Crippen LogP contribution in [0, 0.1) is 0 Å². The Morgan fingerprint density at radius 3 is 2.38 bits per heavy atom. The summed E-state index contributed by atoms with van der Waals surface area (Å²) in [6.45, 7) is 3.95. The van der Waals surface area contributed by atoms with Crippen LogP contribution < -0.4 is 5.73 Å². The van der Waals surface area contributed by atoms with Gasteiger partial charge in [-0.1, -0.05) is 11.6 Å². The summed E-state index contributed by atoms with van der Waals surface area (Å²) in [5, 5.41) is 0.750. The summed E-state index contributed by atoms with van der Waals surface area (Å²) in [6, 6.07) is 5.94. The van der Waals surface area contributed by atoms with E-state index in [1.54, 1.807) is 11.8 Å². The molecule has 0 heterocycles. The van der Waals surface area contributed by atoms with Gasteiger partial charge in [0.05, 0.1) is 0 Å². The van der Waals surface area contributed by atoms with Crippen LogP contribution in [-0.4, -0.2) is 6.26 Å². The van der Waals surface area contributed by atoms with Gasteiger partial charge in [-0.2, -0.15) is 0 Å². The highest BCUT2D eigenvalue weighted by Crippen LogP contribution is 2.27. The van der Waals surface area contributed by atoms with E-state index >= 15 is 0 Å². The molecule has 0 radical (unpaired) electrons. The standard InChI is InChI=1S/C10H14ClNS/c1-10(2,12)7-4-8(11)6-9(5-7)13-3/h4-6H,12H2,1-3H3. The number of hydrogen-bond donors (Lipinski definition) is 1. The third-order valence-electron chi connectivity index (χ3n) is 1.85. The maximum absolute atomic E-state index is 5.98. The van der Waals surface area contributed by atoms with Crippen LogP contribution in [0.3, 0.4) is 0 Å². The minimum absolute atomic E-state index is 0.324. The first kappa shape index (κ1) is 10.9. The first-order valence-corrected chi connectivity index (χ1v) is 5.67. The lowest BCUT2D eigenvalue weighted by Crippen LogP contribution is -2.28. The highest BCUT2D eigenvalue weighted by molar-refractivity contribution is 7.98. The van der Waals surface area contributed by atoms with Crippen LogP contribution in [0.15, 0.2) is 23.1 Å². The summed E-state index contributed by atoms with van der Waals surface area (Å²) in [5.41, 5.74) is 6.73. The summed E-state index contributed by atoms with van der Waals surface area (Å²) in [6.07, 6.45) is 2.03. The summed E-state index contributed by atoms with van der Waals surface area (Å²) in [4.78, 5) is 1.15. The maximum Gasteiger partial charge on any atom is 0.0420 e. The highest BCUT2D eigenvalue weighted by atomic mass is 35.5. The summed E-state index contributed by atoms with van der Waals surface area (Å²) < 4.78 is 0. The fourth-order valence-electron chi connectivity index (χ4n) is 1.05. The third-order valence-corrected chi connectivity index (χ3v) is 2.78. The van der Waals surface area contributed by atoms with E-state index in [2.05, 4.69) is 6.07 Å².